The lowest BCUT2D eigenvalue weighted by Crippen LogP contribution is -2.38. The zero-order valence-corrected chi connectivity index (χ0v) is 18.9. The summed E-state index contributed by atoms with van der Waals surface area (Å²) >= 11 is 0. The number of amides is 3. The van der Waals surface area contributed by atoms with Crippen molar-refractivity contribution in [1.82, 2.24) is 9.88 Å². The number of hydrogen-bond acceptors (Lipinski definition) is 4. The van der Waals surface area contributed by atoms with Crippen LogP contribution in [-0.4, -0.2) is 34.2 Å². The molecule has 6 nitrogen and oxygen atoms in total. The van der Waals surface area contributed by atoms with Crippen LogP contribution >= 0.6 is 0 Å². The fourth-order valence-corrected chi connectivity index (χ4v) is 6.64. The van der Waals surface area contributed by atoms with E-state index in [9.17, 15) is 14.4 Å². The van der Waals surface area contributed by atoms with Crippen LogP contribution in [0, 0.1) is 42.4 Å². The van der Waals surface area contributed by atoms with Crippen LogP contribution in [0.1, 0.15) is 37.7 Å². The summed E-state index contributed by atoms with van der Waals surface area (Å²) in [6.45, 7) is 2.51. The van der Waals surface area contributed by atoms with E-state index >= 15 is 0 Å². The van der Waals surface area contributed by atoms with E-state index in [-0.39, 0.29) is 53.2 Å². The van der Waals surface area contributed by atoms with Crippen molar-refractivity contribution < 1.29 is 14.4 Å². The van der Waals surface area contributed by atoms with Crippen LogP contribution in [-0.2, 0) is 14.4 Å². The molecule has 2 bridgehead atoms. The molecule has 1 N–H and O–H groups in total. The summed E-state index contributed by atoms with van der Waals surface area (Å²) in [5, 5.41) is 4.15. The Morgan fingerprint density at radius 1 is 1.03 bits per heavy atom. The first-order valence-electron chi connectivity index (χ1n) is 12.2. The van der Waals surface area contributed by atoms with Crippen LogP contribution < -0.4 is 5.32 Å². The van der Waals surface area contributed by atoms with Gasteiger partial charge in [-0.3, -0.25) is 24.3 Å². The molecule has 1 aromatic carbocycles. The summed E-state index contributed by atoms with van der Waals surface area (Å²) < 4.78 is 0. The third-order valence-corrected chi connectivity index (χ3v) is 8.45. The van der Waals surface area contributed by atoms with Crippen LogP contribution in [0.3, 0.4) is 0 Å². The van der Waals surface area contributed by atoms with Crippen LogP contribution in [0.4, 0.5) is 5.69 Å². The number of anilines is 1. The summed E-state index contributed by atoms with van der Waals surface area (Å²) in [6.07, 6.45) is 10.3. The Kier molecular flexibility index (Phi) is 4.86. The highest BCUT2D eigenvalue weighted by atomic mass is 16.2. The SMILES string of the molecule is Cc1ccc2cccnc2c1NC(=O)C1CCC(CN2C(=O)[C@@H]3[C@H](C2=O)[C@@H]2C=C[C@H]3C2)CC1. The summed E-state index contributed by atoms with van der Waals surface area (Å²) in [4.78, 5) is 45.0. The van der Waals surface area contributed by atoms with Crippen molar-refractivity contribution in [3.63, 3.8) is 0 Å². The van der Waals surface area contributed by atoms with E-state index < -0.39 is 0 Å². The number of aryl methyl sites for hydroxylation is 1. The maximum Gasteiger partial charge on any atom is 0.233 e. The standard InChI is InChI=1S/C27H29N3O3/c1-15-4-7-17-3-2-12-28-24(17)23(15)29-25(31)18-8-5-16(6-9-18)14-30-26(32)21-19-10-11-20(13-19)22(21)27(30)33/h2-4,7,10-12,16,18-22H,5-6,8-9,13-14H2,1H3,(H,29,31)/t16?,18?,19-,20+,21-,22+. The molecule has 0 radical (unpaired) electrons. The predicted octanol–water partition coefficient (Wildman–Crippen LogP) is 4.10. The number of rotatable bonds is 4. The maximum atomic E-state index is 13.1. The molecule has 3 fully saturated rings. The summed E-state index contributed by atoms with van der Waals surface area (Å²) in [6, 6.07) is 7.93. The Bertz CT molecular complexity index is 1150. The second-order valence-corrected chi connectivity index (χ2v) is 10.3. The van der Waals surface area contributed by atoms with Crippen LogP contribution in [0.25, 0.3) is 10.9 Å². The van der Waals surface area contributed by atoms with Gasteiger partial charge in [0.25, 0.3) is 0 Å². The first-order valence-corrected chi connectivity index (χ1v) is 12.2. The molecule has 1 aromatic heterocycles. The van der Waals surface area contributed by atoms with Crippen molar-refractivity contribution in [3.8, 4) is 0 Å². The second-order valence-electron chi connectivity index (χ2n) is 10.3. The van der Waals surface area contributed by atoms with Gasteiger partial charge in [0.2, 0.25) is 17.7 Å². The number of allylic oxidation sites excluding steroid dienone is 2. The number of benzene rings is 1. The van der Waals surface area contributed by atoms with Gasteiger partial charge in [-0.05, 0) is 68.4 Å². The molecule has 2 heterocycles. The number of fused-ring (bicyclic) bond motifs is 6. The number of carbonyl (C=O) groups is 3. The normalized spacial score (nSPS) is 32.6. The van der Waals surface area contributed by atoms with Crippen molar-refractivity contribution >= 4 is 34.3 Å². The molecule has 6 heteroatoms. The van der Waals surface area contributed by atoms with Gasteiger partial charge in [0.15, 0.2) is 0 Å². The Labute approximate surface area is 193 Å². The fraction of sp³-hybridized carbons (Fsp3) is 0.481. The maximum absolute atomic E-state index is 13.1. The number of aromatic nitrogens is 1. The molecule has 170 valence electrons. The number of nitrogens with one attached hydrogen (secondary N) is 1. The van der Waals surface area contributed by atoms with E-state index in [1.165, 1.54) is 0 Å². The van der Waals surface area contributed by atoms with Gasteiger partial charge >= 0.3 is 0 Å². The summed E-state index contributed by atoms with van der Waals surface area (Å²) in [7, 11) is 0. The van der Waals surface area contributed by atoms with Gasteiger partial charge in [0.1, 0.15) is 0 Å². The quantitative estimate of drug-likeness (QED) is 0.570. The van der Waals surface area contributed by atoms with Gasteiger partial charge in [0.05, 0.1) is 23.0 Å². The number of pyridine rings is 1. The Morgan fingerprint density at radius 3 is 2.42 bits per heavy atom. The third-order valence-electron chi connectivity index (χ3n) is 8.45. The molecule has 3 amide bonds. The zero-order valence-electron chi connectivity index (χ0n) is 18.9. The predicted molar refractivity (Wildman–Crippen MR) is 125 cm³/mol. The highest BCUT2D eigenvalue weighted by molar-refractivity contribution is 6.06. The van der Waals surface area contributed by atoms with E-state index in [1.807, 2.05) is 31.2 Å². The number of imide groups is 1. The molecule has 2 aromatic rings. The molecule has 33 heavy (non-hydrogen) atoms. The molecular formula is C27H29N3O3. The summed E-state index contributed by atoms with van der Waals surface area (Å²) in [5.74, 6) is 0.637. The summed E-state index contributed by atoms with van der Waals surface area (Å²) in [5.41, 5.74) is 2.62. The molecule has 3 aliphatic carbocycles. The molecule has 0 spiro atoms. The van der Waals surface area contributed by atoms with Gasteiger partial charge in [-0.25, -0.2) is 0 Å². The minimum Gasteiger partial charge on any atom is -0.324 e. The minimum absolute atomic E-state index is 0.0419. The van der Waals surface area contributed by atoms with E-state index in [4.69, 9.17) is 0 Å². The van der Waals surface area contributed by atoms with Gasteiger partial charge in [-0.2, -0.15) is 0 Å². The van der Waals surface area contributed by atoms with Crippen molar-refractivity contribution in [2.24, 2.45) is 35.5 Å². The first-order chi connectivity index (χ1) is 16.0. The van der Waals surface area contributed by atoms with Gasteiger partial charge in [0, 0.05) is 24.0 Å². The minimum atomic E-state index is -0.118. The number of likely N-dealkylation sites (tertiary alicyclic amines) is 1. The topological polar surface area (TPSA) is 79.4 Å². The van der Waals surface area contributed by atoms with Crippen molar-refractivity contribution in [1.29, 1.82) is 0 Å². The molecule has 0 unspecified atom stereocenters. The number of hydrogen-bond donors (Lipinski definition) is 1. The van der Waals surface area contributed by atoms with E-state index in [0.717, 1.165) is 54.3 Å². The van der Waals surface area contributed by atoms with E-state index in [2.05, 4.69) is 22.5 Å². The smallest absolute Gasteiger partial charge is 0.233 e. The lowest BCUT2D eigenvalue weighted by atomic mass is 9.81. The zero-order chi connectivity index (χ0) is 22.7. The van der Waals surface area contributed by atoms with Crippen LogP contribution in [0.2, 0.25) is 0 Å². The van der Waals surface area contributed by atoms with Crippen LogP contribution in [0.15, 0.2) is 42.6 Å². The van der Waals surface area contributed by atoms with E-state index in [1.54, 1.807) is 11.1 Å². The van der Waals surface area contributed by atoms with Gasteiger partial charge in [-0.1, -0.05) is 30.4 Å². The average molecular weight is 444 g/mol. The lowest BCUT2D eigenvalue weighted by Gasteiger charge is -2.30. The molecule has 4 atom stereocenters. The lowest BCUT2D eigenvalue weighted by molar-refractivity contribution is -0.142. The molecule has 4 aliphatic rings. The fourth-order valence-electron chi connectivity index (χ4n) is 6.64. The Hall–Kier alpha value is -3.02. The number of carbonyl (C=O) groups excluding carboxylic acids is 3. The van der Waals surface area contributed by atoms with E-state index in [0.29, 0.717) is 6.54 Å². The highest BCUT2D eigenvalue weighted by Crippen LogP contribution is 2.52. The van der Waals surface area contributed by atoms with Gasteiger partial charge in [-0.15, -0.1) is 0 Å². The van der Waals surface area contributed by atoms with Crippen LogP contribution in [0.5, 0.6) is 0 Å². The highest BCUT2D eigenvalue weighted by Gasteiger charge is 2.59. The Balaban J connectivity index is 1.08. The first kappa shape index (κ1) is 20.6. The molecule has 1 saturated heterocycles. The monoisotopic (exact) mass is 443 g/mol. The van der Waals surface area contributed by atoms with Gasteiger partial charge < -0.3 is 5.32 Å². The average Bonchev–Trinajstić information content (AvgIpc) is 3.51. The van der Waals surface area contributed by atoms with Crippen molar-refractivity contribution in [3.05, 3.63) is 48.2 Å². The van der Waals surface area contributed by atoms with Crippen molar-refractivity contribution in [2.75, 3.05) is 11.9 Å². The Morgan fingerprint density at radius 2 is 1.73 bits per heavy atom. The molecular weight excluding hydrogens is 414 g/mol. The second kappa shape index (κ2) is 7.79. The molecule has 6 rings (SSSR count). The molecule has 1 aliphatic heterocycles. The molecule has 2 saturated carbocycles. The number of nitrogens with zero attached hydrogens (tertiary/aromatic N) is 2. The largest absolute Gasteiger partial charge is 0.324 e. The third kappa shape index (κ3) is 3.30. The van der Waals surface area contributed by atoms with Crippen molar-refractivity contribution in [2.45, 2.75) is 39.0 Å².